The number of H-pyrrole nitrogens is 1. The summed E-state index contributed by atoms with van der Waals surface area (Å²) in [5.41, 5.74) is 2.84. The largest absolute Gasteiger partial charge is 0.464 e. The lowest BCUT2D eigenvalue weighted by molar-refractivity contribution is 0.582. The molecule has 24 heavy (non-hydrogen) atoms. The van der Waals surface area contributed by atoms with E-state index in [-0.39, 0.29) is 4.90 Å². The second-order valence-corrected chi connectivity index (χ2v) is 7.47. The minimum Gasteiger partial charge on any atom is -0.464 e. The van der Waals surface area contributed by atoms with Gasteiger partial charge < -0.3 is 9.40 Å². The van der Waals surface area contributed by atoms with E-state index in [9.17, 15) is 8.42 Å². The van der Waals surface area contributed by atoms with Gasteiger partial charge in [0.25, 0.3) is 0 Å². The number of nitrogens with zero attached hydrogens (tertiary/aromatic N) is 2. The summed E-state index contributed by atoms with van der Waals surface area (Å²) in [6, 6.07) is 12.2. The third-order valence-electron chi connectivity index (χ3n) is 3.68. The fourth-order valence-corrected chi connectivity index (χ4v) is 3.16. The molecule has 0 aliphatic carbocycles. The maximum absolute atomic E-state index is 11.7. The van der Waals surface area contributed by atoms with Gasteiger partial charge in [-0.1, -0.05) is 12.1 Å². The van der Waals surface area contributed by atoms with Crippen LogP contribution in [0.1, 0.15) is 0 Å². The Hall–Kier alpha value is -2.93. The molecule has 6 nitrogen and oxygen atoms in total. The highest BCUT2D eigenvalue weighted by molar-refractivity contribution is 7.90. The van der Waals surface area contributed by atoms with Crippen LogP contribution in [0.5, 0.6) is 0 Å². The summed E-state index contributed by atoms with van der Waals surface area (Å²) >= 11 is 0. The van der Waals surface area contributed by atoms with Crippen LogP contribution in [0, 0.1) is 0 Å². The van der Waals surface area contributed by atoms with Gasteiger partial charge in [0.15, 0.2) is 15.5 Å². The number of aromatic nitrogens is 3. The predicted molar refractivity (Wildman–Crippen MR) is 90.1 cm³/mol. The van der Waals surface area contributed by atoms with Gasteiger partial charge in [-0.25, -0.2) is 18.4 Å². The molecule has 7 heteroatoms. The fraction of sp³-hybridized carbons (Fsp3) is 0.0588. The molecule has 1 N–H and O–H groups in total. The summed E-state index contributed by atoms with van der Waals surface area (Å²) in [5.74, 6) is 1.29. The number of fused-ring (bicyclic) bond motifs is 1. The van der Waals surface area contributed by atoms with E-state index < -0.39 is 9.84 Å². The Morgan fingerprint density at radius 3 is 2.71 bits per heavy atom. The van der Waals surface area contributed by atoms with Crippen molar-refractivity contribution in [1.82, 2.24) is 15.0 Å². The highest BCUT2D eigenvalue weighted by atomic mass is 32.2. The van der Waals surface area contributed by atoms with E-state index in [4.69, 9.17) is 4.42 Å². The molecular weight excluding hydrogens is 326 g/mol. The maximum Gasteiger partial charge on any atom is 0.178 e. The van der Waals surface area contributed by atoms with Gasteiger partial charge in [0, 0.05) is 23.6 Å². The first kappa shape index (κ1) is 14.6. The molecular formula is C17H13N3O3S. The number of imidazole rings is 1. The van der Waals surface area contributed by atoms with E-state index in [0.717, 1.165) is 16.8 Å². The standard InChI is InChI=1S/C17H13N3O3S/c1-24(21,22)13-5-2-4-11(8-13)16-19-14-9-12(10-18-17(14)20-16)15-6-3-7-23-15/h2-10H,1H3,(H,18,19,20). The third-order valence-corrected chi connectivity index (χ3v) is 4.79. The zero-order valence-electron chi connectivity index (χ0n) is 12.7. The Morgan fingerprint density at radius 2 is 1.96 bits per heavy atom. The van der Waals surface area contributed by atoms with Crippen molar-refractivity contribution < 1.29 is 12.8 Å². The van der Waals surface area contributed by atoms with Gasteiger partial charge in [-0.15, -0.1) is 0 Å². The molecule has 3 aromatic heterocycles. The Labute approximate surface area is 138 Å². The molecule has 0 spiro atoms. The van der Waals surface area contributed by atoms with Crippen molar-refractivity contribution in [2.75, 3.05) is 6.26 Å². The van der Waals surface area contributed by atoms with E-state index in [1.807, 2.05) is 18.2 Å². The van der Waals surface area contributed by atoms with E-state index in [2.05, 4.69) is 15.0 Å². The Balaban J connectivity index is 1.81. The number of sulfone groups is 1. The molecule has 0 aliphatic rings. The molecule has 0 atom stereocenters. The minimum atomic E-state index is -3.27. The lowest BCUT2D eigenvalue weighted by atomic mass is 10.2. The van der Waals surface area contributed by atoms with Crippen LogP contribution in [0.2, 0.25) is 0 Å². The van der Waals surface area contributed by atoms with Crippen molar-refractivity contribution >= 4 is 21.0 Å². The molecule has 1 aromatic carbocycles. The second-order valence-electron chi connectivity index (χ2n) is 5.46. The van der Waals surface area contributed by atoms with Crippen LogP contribution in [-0.4, -0.2) is 29.6 Å². The summed E-state index contributed by atoms with van der Waals surface area (Å²) in [7, 11) is -3.27. The molecule has 0 saturated heterocycles. The Kier molecular flexibility index (Phi) is 3.24. The van der Waals surface area contributed by atoms with Gasteiger partial charge in [0.2, 0.25) is 0 Å². The number of aromatic amines is 1. The van der Waals surface area contributed by atoms with E-state index in [0.29, 0.717) is 17.0 Å². The number of nitrogens with one attached hydrogen (secondary N) is 1. The highest BCUT2D eigenvalue weighted by Gasteiger charge is 2.12. The fourth-order valence-electron chi connectivity index (χ4n) is 2.49. The SMILES string of the molecule is CS(=O)(=O)c1cccc(-c2nc3ncc(-c4ccco4)cc3[nH]2)c1. The molecule has 0 radical (unpaired) electrons. The number of furan rings is 1. The molecule has 0 unspecified atom stereocenters. The summed E-state index contributed by atoms with van der Waals surface area (Å²) in [5, 5.41) is 0. The van der Waals surface area contributed by atoms with Gasteiger partial charge in [-0.3, -0.25) is 0 Å². The number of hydrogen-bond donors (Lipinski definition) is 1. The van der Waals surface area contributed by atoms with Crippen LogP contribution >= 0.6 is 0 Å². The number of benzene rings is 1. The zero-order chi connectivity index (χ0) is 16.7. The van der Waals surface area contributed by atoms with Gasteiger partial charge in [-0.2, -0.15) is 0 Å². The third kappa shape index (κ3) is 2.59. The van der Waals surface area contributed by atoms with Crippen molar-refractivity contribution in [3.63, 3.8) is 0 Å². The summed E-state index contributed by atoms with van der Waals surface area (Å²) in [6.45, 7) is 0. The molecule has 0 fully saturated rings. The normalized spacial score (nSPS) is 11.9. The lowest BCUT2D eigenvalue weighted by Gasteiger charge is -2.00. The van der Waals surface area contributed by atoms with E-state index >= 15 is 0 Å². The molecule has 4 aromatic rings. The van der Waals surface area contributed by atoms with Gasteiger partial charge >= 0.3 is 0 Å². The predicted octanol–water partition coefficient (Wildman–Crippen LogP) is 3.29. The van der Waals surface area contributed by atoms with Crippen molar-refractivity contribution in [3.05, 3.63) is 54.9 Å². The van der Waals surface area contributed by atoms with Crippen LogP contribution in [0.25, 0.3) is 33.9 Å². The van der Waals surface area contributed by atoms with Crippen LogP contribution in [-0.2, 0) is 9.84 Å². The average Bonchev–Trinajstić information content (AvgIpc) is 3.23. The van der Waals surface area contributed by atoms with Gasteiger partial charge in [-0.05, 0) is 30.3 Å². The first-order valence-electron chi connectivity index (χ1n) is 7.21. The van der Waals surface area contributed by atoms with E-state index in [1.54, 1.807) is 36.7 Å². The molecule has 3 heterocycles. The lowest BCUT2D eigenvalue weighted by Crippen LogP contribution is -1.97. The number of rotatable bonds is 3. The van der Waals surface area contributed by atoms with Crippen LogP contribution in [0.15, 0.2) is 64.2 Å². The smallest absolute Gasteiger partial charge is 0.178 e. The summed E-state index contributed by atoms with van der Waals surface area (Å²) in [4.78, 5) is 12.2. The van der Waals surface area contributed by atoms with Crippen LogP contribution < -0.4 is 0 Å². The van der Waals surface area contributed by atoms with E-state index in [1.165, 1.54) is 6.26 Å². The number of pyridine rings is 1. The molecule has 120 valence electrons. The summed E-state index contributed by atoms with van der Waals surface area (Å²) in [6.07, 6.45) is 4.48. The molecule has 0 aliphatic heterocycles. The van der Waals surface area contributed by atoms with Crippen molar-refractivity contribution in [2.24, 2.45) is 0 Å². The Morgan fingerprint density at radius 1 is 1.08 bits per heavy atom. The molecule has 4 rings (SSSR count). The van der Waals surface area contributed by atoms with Crippen molar-refractivity contribution in [2.45, 2.75) is 4.90 Å². The van der Waals surface area contributed by atoms with Crippen LogP contribution in [0.3, 0.4) is 0 Å². The van der Waals surface area contributed by atoms with Crippen molar-refractivity contribution in [3.8, 4) is 22.7 Å². The van der Waals surface area contributed by atoms with Gasteiger partial charge in [0.1, 0.15) is 11.6 Å². The molecule has 0 saturated carbocycles. The number of hydrogen-bond acceptors (Lipinski definition) is 5. The Bertz CT molecular complexity index is 1130. The molecule has 0 amide bonds. The van der Waals surface area contributed by atoms with Crippen LogP contribution in [0.4, 0.5) is 0 Å². The minimum absolute atomic E-state index is 0.254. The second kappa shape index (κ2) is 5.31. The first-order valence-corrected chi connectivity index (χ1v) is 9.10. The topological polar surface area (TPSA) is 88.8 Å². The molecule has 0 bridgehead atoms. The maximum atomic E-state index is 11.7. The quantitative estimate of drug-likeness (QED) is 0.619. The van der Waals surface area contributed by atoms with Gasteiger partial charge in [0.05, 0.1) is 16.7 Å². The van der Waals surface area contributed by atoms with Crippen molar-refractivity contribution in [1.29, 1.82) is 0 Å². The monoisotopic (exact) mass is 339 g/mol. The highest BCUT2D eigenvalue weighted by Crippen LogP contribution is 2.25. The first-order chi connectivity index (χ1) is 11.5. The zero-order valence-corrected chi connectivity index (χ0v) is 13.5. The summed E-state index contributed by atoms with van der Waals surface area (Å²) < 4.78 is 28.8. The average molecular weight is 339 g/mol.